The maximum absolute atomic E-state index is 13.3. The third-order valence-corrected chi connectivity index (χ3v) is 2.72. The number of alkyl halides is 1. The van der Waals surface area contributed by atoms with E-state index in [1.54, 1.807) is 0 Å². The summed E-state index contributed by atoms with van der Waals surface area (Å²) in [5, 5.41) is 0.386. The van der Waals surface area contributed by atoms with E-state index in [1.165, 1.54) is 12.1 Å². The number of ether oxygens (including phenoxy) is 1. The van der Waals surface area contributed by atoms with Gasteiger partial charge in [-0.2, -0.15) is 0 Å². The Kier molecular flexibility index (Phi) is 3.99. The molecule has 2 aromatic rings. The third kappa shape index (κ3) is 2.89. The zero-order valence-electron chi connectivity index (χ0n) is 8.96. The van der Waals surface area contributed by atoms with E-state index >= 15 is 0 Å². The van der Waals surface area contributed by atoms with Gasteiger partial charge < -0.3 is 4.74 Å². The van der Waals surface area contributed by atoms with E-state index in [-0.39, 0.29) is 17.5 Å². The van der Waals surface area contributed by atoms with Crippen molar-refractivity contribution in [2.45, 2.75) is 5.88 Å². The lowest BCUT2D eigenvalue weighted by Gasteiger charge is -2.07. The average Bonchev–Trinajstić information content (AvgIpc) is 2.36. The number of benzene rings is 1. The molecule has 0 saturated carbocycles. The van der Waals surface area contributed by atoms with E-state index in [1.807, 2.05) is 0 Å². The van der Waals surface area contributed by atoms with Gasteiger partial charge in [-0.05, 0) is 18.2 Å². The fourth-order valence-corrected chi connectivity index (χ4v) is 1.73. The number of hydrogen-bond donors (Lipinski definition) is 0. The minimum Gasteiger partial charge on any atom is -0.436 e. The summed E-state index contributed by atoms with van der Waals surface area (Å²) in [5.41, 5.74) is 0.410. The Balaban J connectivity index is 2.31. The van der Waals surface area contributed by atoms with E-state index in [9.17, 15) is 8.78 Å². The number of hydrogen-bond acceptors (Lipinski definition) is 2. The Morgan fingerprint density at radius 2 is 1.94 bits per heavy atom. The van der Waals surface area contributed by atoms with Crippen LogP contribution in [0.3, 0.4) is 0 Å². The van der Waals surface area contributed by atoms with Gasteiger partial charge in [0.2, 0.25) is 5.88 Å². The first-order chi connectivity index (χ1) is 8.60. The SMILES string of the molecule is Fc1ccc(F)c(Oc2ccc(Cl)c(CCl)n2)c1. The molecule has 0 amide bonds. The van der Waals surface area contributed by atoms with Crippen molar-refractivity contribution in [3.63, 3.8) is 0 Å². The monoisotopic (exact) mass is 289 g/mol. The van der Waals surface area contributed by atoms with Gasteiger partial charge in [-0.25, -0.2) is 13.8 Å². The van der Waals surface area contributed by atoms with Crippen molar-refractivity contribution < 1.29 is 13.5 Å². The molecule has 1 aromatic heterocycles. The highest BCUT2D eigenvalue weighted by molar-refractivity contribution is 6.32. The van der Waals surface area contributed by atoms with Gasteiger partial charge in [0.1, 0.15) is 5.82 Å². The van der Waals surface area contributed by atoms with E-state index in [4.69, 9.17) is 27.9 Å². The molecule has 0 unspecified atom stereocenters. The summed E-state index contributed by atoms with van der Waals surface area (Å²) in [6.07, 6.45) is 0. The second kappa shape index (κ2) is 5.50. The van der Waals surface area contributed by atoms with Crippen LogP contribution in [0.1, 0.15) is 5.69 Å². The molecule has 2 rings (SSSR count). The van der Waals surface area contributed by atoms with Gasteiger partial charge in [-0.15, -0.1) is 11.6 Å². The Morgan fingerprint density at radius 1 is 1.17 bits per heavy atom. The predicted octanol–water partition coefficient (Wildman–Crippen LogP) is 4.54. The van der Waals surface area contributed by atoms with Crippen LogP contribution in [0.25, 0.3) is 0 Å². The highest BCUT2D eigenvalue weighted by Crippen LogP contribution is 2.26. The molecule has 0 saturated heterocycles. The maximum atomic E-state index is 13.3. The molecule has 0 bridgehead atoms. The van der Waals surface area contributed by atoms with Crippen LogP contribution in [0.4, 0.5) is 8.78 Å². The molecule has 1 heterocycles. The summed E-state index contributed by atoms with van der Waals surface area (Å²) >= 11 is 11.4. The largest absolute Gasteiger partial charge is 0.436 e. The predicted molar refractivity (Wildman–Crippen MR) is 65.2 cm³/mol. The summed E-state index contributed by atoms with van der Waals surface area (Å²) < 4.78 is 31.4. The second-order valence-electron chi connectivity index (χ2n) is 3.39. The molecule has 94 valence electrons. The third-order valence-electron chi connectivity index (χ3n) is 2.13. The quantitative estimate of drug-likeness (QED) is 0.774. The highest BCUT2D eigenvalue weighted by Gasteiger charge is 2.09. The Morgan fingerprint density at radius 3 is 2.67 bits per heavy atom. The van der Waals surface area contributed by atoms with Crippen LogP contribution in [0.15, 0.2) is 30.3 Å². The second-order valence-corrected chi connectivity index (χ2v) is 4.06. The van der Waals surface area contributed by atoms with Crippen molar-refractivity contribution in [1.29, 1.82) is 0 Å². The van der Waals surface area contributed by atoms with Crippen LogP contribution in [0.2, 0.25) is 5.02 Å². The molecule has 0 fully saturated rings. The Hall–Kier alpha value is -1.39. The molecule has 1 aromatic carbocycles. The molecule has 0 atom stereocenters. The van der Waals surface area contributed by atoms with E-state index < -0.39 is 11.6 Å². The van der Waals surface area contributed by atoms with Crippen molar-refractivity contribution in [1.82, 2.24) is 4.98 Å². The number of halogens is 4. The zero-order chi connectivity index (χ0) is 13.1. The standard InChI is InChI=1S/C12H7Cl2F2NO/c13-6-10-8(14)2-4-12(17-10)18-11-5-7(15)1-3-9(11)16/h1-5H,6H2. The Labute approximate surface area is 112 Å². The van der Waals surface area contributed by atoms with Crippen LogP contribution in [0, 0.1) is 11.6 Å². The van der Waals surface area contributed by atoms with Crippen LogP contribution < -0.4 is 4.74 Å². The van der Waals surface area contributed by atoms with Gasteiger partial charge in [-0.1, -0.05) is 11.6 Å². The minimum atomic E-state index is -0.680. The molecule has 6 heteroatoms. The van der Waals surface area contributed by atoms with Gasteiger partial charge in [0.25, 0.3) is 0 Å². The van der Waals surface area contributed by atoms with Crippen molar-refractivity contribution in [2.75, 3.05) is 0 Å². The average molecular weight is 290 g/mol. The molecular formula is C12H7Cl2F2NO. The molecule has 0 aliphatic heterocycles. The van der Waals surface area contributed by atoms with Crippen molar-refractivity contribution in [2.24, 2.45) is 0 Å². The summed E-state index contributed by atoms with van der Waals surface area (Å²) in [7, 11) is 0. The van der Waals surface area contributed by atoms with Gasteiger partial charge in [0.15, 0.2) is 11.6 Å². The number of nitrogens with zero attached hydrogens (tertiary/aromatic N) is 1. The van der Waals surface area contributed by atoms with Crippen molar-refractivity contribution in [3.8, 4) is 11.6 Å². The molecule has 0 radical (unpaired) electrons. The molecule has 0 aliphatic rings. The summed E-state index contributed by atoms with van der Waals surface area (Å²) in [6.45, 7) is 0. The topological polar surface area (TPSA) is 22.1 Å². The first-order valence-corrected chi connectivity index (χ1v) is 5.85. The van der Waals surface area contributed by atoms with E-state index in [0.29, 0.717) is 10.7 Å². The van der Waals surface area contributed by atoms with Crippen LogP contribution >= 0.6 is 23.2 Å². The summed E-state index contributed by atoms with van der Waals surface area (Å²) in [4.78, 5) is 3.98. The molecule has 2 nitrogen and oxygen atoms in total. The summed E-state index contributed by atoms with van der Waals surface area (Å²) in [6, 6.07) is 5.89. The van der Waals surface area contributed by atoms with Gasteiger partial charge >= 0.3 is 0 Å². The fraction of sp³-hybridized carbons (Fsp3) is 0.0833. The number of pyridine rings is 1. The smallest absolute Gasteiger partial charge is 0.219 e. The molecular weight excluding hydrogens is 283 g/mol. The van der Waals surface area contributed by atoms with Gasteiger partial charge in [0.05, 0.1) is 16.6 Å². The normalized spacial score (nSPS) is 10.4. The highest BCUT2D eigenvalue weighted by atomic mass is 35.5. The molecule has 18 heavy (non-hydrogen) atoms. The van der Waals surface area contributed by atoms with Crippen LogP contribution in [-0.4, -0.2) is 4.98 Å². The maximum Gasteiger partial charge on any atom is 0.219 e. The van der Waals surface area contributed by atoms with E-state index in [2.05, 4.69) is 4.98 Å². The lowest BCUT2D eigenvalue weighted by Crippen LogP contribution is -1.94. The lowest BCUT2D eigenvalue weighted by atomic mass is 10.3. The Bertz CT molecular complexity index is 578. The molecule has 0 N–H and O–H groups in total. The van der Waals surface area contributed by atoms with Crippen LogP contribution in [0.5, 0.6) is 11.6 Å². The summed E-state index contributed by atoms with van der Waals surface area (Å²) in [5.74, 6) is -1.33. The van der Waals surface area contributed by atoms with Crippen LogP contribution in [-0.2, 0) is 5.88 Å². The zero-order valence-corrected chi connectivity index (χ0v) is 10.5. The lowest BCUT2D eigenvalue weighted by molar-refractivity contribution is 0.421. The van der Waals surface area contributed by atoms with E-state index in [0.717, 1.165) is 18.2 Å². The van der Waals surface area contributed by atoms with Crippen molar-refractivity contribution in [3.05, 3.63) is 52.7 Å². The molecule has 0 aliphatic carbocycles. The number of rotatable bonds is 3. The van der Waals surface area contributed by atoms with Crippen molar-refractivity contribution >= 4 is 23.2 Å². The number of aromatic nitrogens is 1. The van der Waals surface area contributed by atoms with Gasteiger partial charge in [-0.3, -0.25) is 0 Å². The first-order valence-electron chi connectivity index (χ1n) is 4.94. The fourth-order valence-electron chi connectivity index (χ4n) is 1.28. The minimum absolute atomic E-state index is 0.0968. The van der Waals surface area contributed by atoms with Gasteiger partial charge in [0, 0.05) is 12.1 Å². The first kappa shape index (κ1) is 13.1. The molecule has 0 spiro atoms.